The van der Waals surface area contributed by atoms with Crippen molar-refractivity contribution in [2.45, 2.75) is 31.9 Å². The number of rotatable bonds is 5. The van der Waals surface area contributed by atoms with Crippen LogP contribution in [0.4, 0.5) is 4.39 Å². The van der Waals surface area contributed by atoms with E-state index in [4.69, 9.17) is 9.47 Å². The summed E-state index contributed by atoms with van der Waals surface area (Å²) >= 11 is 0. The molecule has 0 spiro atoms. The molecule has 1 amide bonds. The lowest BCUT2D eigenvalue weighted by atomic mass is 10.0. The molecule has 0 aliphatic carbocycles. The molecule has 0 saturated carbocycles. The average Bonchev–Trinajstić information content (AvgIpc) is 3.17. The summed E-state index contributed by atoms with van der Waals surface area (Å²) in [7, 11) is 1.44. The summed E-state index contributed by atoms with van der Waals surface area (Å²) in [6.07, 6.45) is 1.71. The zero-order chi connectivity index (χ0) is 18.7. The van der Waals surface area contributed by atoms with E-state index < -0.39 is 5.91 Å². The van der Waals surface area contributed by atoms with Crippen molar-refractivity contribution < 1.29 is 23.8 Å². The third-order valence-electron chi connectivity index (χ3n) is 4.58. The number of benzene rings is 2. The summed E-state index contributed by atoms with van der Waals surface area (Å²) in [6, 6.07) is 8.91. The maximum absolute atomic E-state index is 13.1. The number of phenols is 1. The molecule has 2 aromatic carbocycles. The second-order valence-electron chi connectivity index (χ2n) is 6.37. The number of amides is 1. The summed E-state index contributed by atoms with van der Waals surface area (Å²) in [5, 5.41) is 13.2. The molecule has 1 aliphatic heterocycles. The minimum Gasteiger partial charge on any atom is -0.504 e. The van der Waals surface area contributed by atoms with E-state index in [-0.39, 0.29) is 35.0 Å². The fraction of sp³-hybridized carbons (Fsp3) is 0.350. The molecule has 1 saturated heterocycles. The highest BCUT2D eigenvalue weighted by molar-refractivity contribution is 5.98. The van der Waals surface area contributed by atoms with E-state index >= 15 is 0 Å². The Hall–Kier alpha value is -2.60. The number of carbonyl (C=O) groups is 1. The predicted molar refractivity (Wildman–Crippen MR) is 94.9 cm³/mol. The van der Waals surface area contributed by atoms with E-state index in [9.17, 15) is 14.3 Å². The Kier molecular flexibility index (Phi) is 5.42. The number of methoxy groups -OCH3 is 1. The maximum atomic E-state index is 13.1. The number of phenolic OH excluding ortho intramolecular Hbond substituents is 1. The van der Waals surface area contributed by atoms with Crippen molar-refractivity contribution in [3.63, 3.8) is 0 Å². The van der Waals surface area contributed by atoms with Gasteiger partial charge >= 0.3 is 0 Å². The highest BCUT2D eigenvalue weighted by atomic mass is 19.1. The molecule has 2 unspecified atom stereocenters. The van der Waals surface area contributed by atoms with Crippen molar-refractivity contribution in [3.05, 3.63) is 58.9 Å². The normalized spacial score (nSPS) is 17.7. The predicted octanol–water partition coefficient (Wildman–Crippen LogP) is 3.88. The Morgan fingerprint density at radius 1 is 1.35 bits per heavy atom. The molecule has 138 valence electrons. The van der Waals surface area contributed by atoms with E-state index in [0.717, 1.165) is 24.0 Å². The van der Waals surface area contributed by atoms with Crippen molar-refractivity contribution in [2.24, 2.45) is 0 Å². The number of nitrogens with one attached hydrogen (secondary N) is 1. The first-order valence-electron chi connectivity index (χ1n) is 8.58. The summed E-state index contributed by atoms with van der Waals surface area (Å²) in [5.41, 5.74) is 1.70. The smallest absolute Gasteiger partial charge is 0.255 e. The summed E-state index contributed by atoms with van der Waals surface area (Å²) in [4.78, 5) is 12.7. The molecule has 2 N–H and O–H groups in total. The summed E-state index contributed by atoms with van der Waals surface area (Å²) < 4.78 is 23.9. The first kappa shape index (κ1) is 18.2. The van der Waals surface area contributed by atoms with Gasteiger partial charge in [0.2, 0.25) is 0 Å². The van der Waals surface area contributed by atoms with Crippen LogP contribution in [0, 0.1) is 5.82 Å². The molecule has 1 aliphatic rings. The lowest BCUT2D eigenvalue weighted by molar-refractivity contribution is 0.0934. The van der Waals surface area contributed by atoms with Gasteiger partial charge in [-0.25, -0.2) is 4.39 Å². The Bertz CT molecular complexity index is 785. The molecule has 5 nitrogen and oxygen atoms in total. The molecule has 2 atom stereocenters. The molecule has 26 heavy (non-hydrogen) atoms. The zero-order valence-electron chi connectivity index (χ0n) is 14.8. The zero-order valence-corrected chi connectivity index (χ0v) is 14.8. The van der Waals surface area contributed by atoms with Crippen molar-refractivity contribution >= 4 is 5.91 Å². The van der Waals surface area contributed by atoms with Gasteiger partial charge in [-0.05, 0) is 55.2 Å². The van der Waals surface area contributed by atoms with Crippen molar-refractivity contribution in [3.8, 4) is 11.5 Å². The van der Waals surface area contributed by atoms with Crippen LogP contribution in [0.15, 0.2) is 36.4 Å². The SMILES string of the molecule is COc1cc(C2CCCO2)cc(C(=O)NC(C)c2ccc(F)cc2)c1O. The Labute approximate surface area is 151 Å². The molecule has 3 rings (SSSR count). The molecular weight excluding hydrogens is 337 g/mol. The van der Waals surface area contributed by atoms with Crippen LogP contribution in [0.2, 0.25) is 0 Å². The Morgan fingerprint density at radius 3 is 2.69 bits per heavy atom. The molecule has 2 aromatic rings. The third kappa shape index (κ3) is 3.80. The number of halogens is 1. The van der Waals surface area contributed by atoms with E-state index in [2.05, 4.69) is 5.32 Å². The monoisotopic (exact) mass is 359 g/mol. The molecule has 0 aromatic heterocycles. The van der Waals surface area contributed by atoms with Crippen molar-refractivity contribution in [2.75, 3.05) is 13.7 Å². The molecule has 0 radical (unpaired) electrons. The average molecular weight is 359 g/mol. The van der Waals surface area contributed by atoms with Crippen LogP contribution in [0.3, 0.4) is 0 Å². The first-order valence-corrected chi connectivity index (χ1v) is 8.58. The summed E-state index contributed by atoms with van der Waals surface area (Å²) in [6.45, 7) is 2.47. The van der Waals surface area contributed by atoms with Crippen molar-refractivity contribution in [1.82, 2.24) is 5.32 Å². The van der Waals surface area contributed by atoms with Gasteiger partial charge in [-0.1, -0.05) is 12.1 Å². The van der Waals surface area contributed by atoms with Gasteiger partial charge in [-0.2, -0.15) is 0 Å². The fourth-order valence-corrected chi connectivity index (χ4v) is 3.09. The van der Waals surface area contributed by atoms with Gasteiger partial charge in [0.25, 0.3) is 5.91 Å². The van der Waals surface area contributed by atoms with Gasteiger partial charge in [-0.15, -0.1) is 0 Å². The summed E-state index contributed by atoms with van der Waals surface area (Å²) in [5.74, 6) is -0.743. The standard InChI is InChI=1S/C20H22FNO4/c1-12(13-5-7-15(21)8-6-13)22-20(24)16-10-14(17-4-3-9-26-17)11-18(25-2)19(16)23/h5-8,10-12,17,23H,3-4,9H2,1-2H3,(H,22,24). The lowest BCUT2D eigenvalue weighted by Gasteiger charge is -2.18. The molecule has 1 heterocycles. The van der Waals surface area contributed by atoms with Crippen LogP contribution in [-0.4, -0.2) is 24.7 Å². The topological polar surface area (TPSA) is 67.8 Å². The van der Waals surface area contributed by atoms with E-state index in [1.165, 1.54) is 19.2 Å². The van der Waals surface area contributed by atoms with Crippen molar-refractivity contribution in [1.29, 1.82) is 0 Å². The van der Waals surface area contributed by atoms with Crippen LogP contribution in [0.5, 0.6) is 11.5 Å². The van der Waals surface area contributed by atoms with Gasteiger partial charge in [0, 0.05) is 6.61 Å². The number of aromatic hydroxyl groups is 1. The van der Waals surface area contributed by atoms with Crippen LogP contribution < -0.4 is 10.1 Å². The van der Waals surface area contributed by atoms with Crippen LogP contribution in [0.25, 0.3) is 0 Å². The Morgan fingerprint density at radius 2 is 2.08 bits per heavy atom. The van der Waals surface area contributed by atoms with E-state index in [1.807, 2.05) is 0 Å². The molecule has 1 fully saturated rings. The van der Waals surface area contributed by atoms with Gasteiger partial charge in [0.05, 0.1) is 24.8 Å². The number of hydrogen-bond acceptors (Lipinski definition) is 4. The largest absolute Gasteiger partial charge is 0.504 e. The molecular formula is C20H22FNO4. The number of hydrogen-bond donors (Lipinski definition) is 2. The minimum atomic E-state index is -0.433. The molecule has 0 bridgehead atoms. The quantitative estimate of drug-likeness (QED) is 0.850. The minimum absolute atomic E-state index is 0.106. The number of ether oxygens (including phenoxy) is 2. The molecule has 6 heteroatoms. The van der Waals surface area contributed by atoms with Crippen LogP contribution >= 0.6 is 0 Å². The van der Waals surface area contributed by atoms with Gasteiger partial charge in [0.1, 0.15) is 5.82 Å². The third-order valence-corrected chi connectivity index (χ3v) is 4.58. The number of carbonyl (C=O) groups excluding carboxylic acids is 1. The second kappa shape index (κ2) is 7.74. The first-order chi connectivity index (χ1) is 12.5. The second-order valence-corrected chi connectivity index (χ2v) is 6.37. The Balaban J connectivity index is 1.85. The van der Waals surface area contributed by atoms with Gasteiger partial charge < -0.3 is 19.9 Å². The lowest BCUT2D eigenvalue weighted by Crippen LogP contribution is -2.27. The highest BCUT2D eigenvalue weighted by Crippen LogP contribution is 2.37. The fourth-order valence-electron chi connectivity index (χ4n) is 3.09. The maximum Gasteiger partial charge on any atom is 0.255 e. The van der Waals surface area contributed by atoms with Gasteiger partial charge in [-0.3, -0.25) is 4.79 Å². The highest BCUT2D eigenvalue weighted by Gasteiger charge is 2.24. The van der Waals surface area contributed by atoms with Crippen LogP contribution in [0.1, 0.15) is 53.4 Å². The van der Waals surface area contributed by atoms with Crippen LogP contribution in [-0.2, 0) is 4.74 Å². The van der Waals surface area contributed by atoms with E-state index in [0.29, 0.717) is 6.61 Å². The van der Waals surface area contributed by atoms with Gasteiger partial charge in [0.15, 0.2) is 11.5 Å². The van der Waals surface area contributed by atoms with E-state index in [1.54, 1.807) is 31.2 Å².